The fraction of sp³-hybridized carbons (Fsp3) is 0.720. The minimum absolute atomic E-state index is 0.0239. The molecule has 35 heavy (non-hydrogen) atoms. The summed E-state index contributed by atoms with van der Waals surface area (Å²) in [5, 5.41) is 9.30. The lowest BCUT2D eigenvalue weighted by Gasteiger charge is -2.36. The van der Waals surface area contributed by atoms with Crippen molar-refractivity contribution in [2.45, 2.75) is 30.6 Å². The highest BCUT2D eigenvalue weighted by atomic mass is 16.5. The molecule has 0 radical (unpaired) electrons. The zero-order valence-electron chi connectivity index (χ0n) is 20.4. The fourth-order valence-electron chi connectivity index (χ4n) is 6.23. The number of aliphatic hydroxyl groups is 1. The van der Waals surface area contributed by atoms with E-state index in [1.165, 1.54) is 0 Å². The third-order valence-corrected chi connectivity index (χ3v) is 8.04. The monoisotopic (exact) mass is 488 g/mol. The van der Waals surface area contributed by atoms with Crippen molar-refractivity contribution in [1.82, 2.24) is 19.6 Å². The van der Waals surface area contributed by atoms with Crippen LogP contribution >= 0.6 is 0 Å². The maximum Gasteiger partial charge on any atom is 0.249 e. The molecular formula is C25H36N4O6. The molecule has 1 N–H and O–H groups in total. The molecule has 0 aromatic heterocycles. The molecule has 5 aliphatic heterocycles. The fourth-order valence-corrected chi connectivity index (χ4v) is 6.23. The predicted molar refractivity (Wildman–Crippen MR) is 126 cm³/mol. The number of morpholine rings is 1. The Bertz CT molecular complexity index is 902. The van der Waals surface area contributed by atoms with Gasteiger partial charge in [0.1, 0.15) is 11.6 Å². The maximum absolute atomic E-state index is 14.1. The third kappa shape index (κ3) is 4.20. The number of ether oxygens (including phenoxy) is 2. The van der Waals surface area contributed by atoms with Crippen LogP contribution < -0.4 is 0 Å². The molecule has 192 valence electrons. The van der Waals surface area contributed by atoms with Crippen LogP contribution in [-0.2, 0) is 23.9 Å². The zero-order valence-corrected chi connectivity index (χ0v) is 20.4. The zero-order chi connectivity index (χ0) is 24.6. The van der Waals surface area contributed by atoms with E-state index in [1.54, 1.807) is 21.7 Å². The van der Waals surface area contributed by atoms with Gasteiger partial charge in [0.15, 0.2) is 0 Å². The molecule has 0 aromatic rings. The summed E-state index contributed by atoms with van der Waals surface area (Å²) in [6, 6.07) is -0.819. The van der Waals surface area contributed by atoms with Crippen LogP contribution in [0.15, 0.2) is 24.3 Å². The average molecular weight is 489 g/mol. The van der Waals surface area contributed by atoms with Crippen molar-refractivity contribution in [2.75, 3.05) is 72.7 Å². The molecule has 10 heteroatoms. The maximum atomic E-state index is 14.1. The Kier molecular flexibility index (Phi) is 6.98. The second kappa shape index (κ2) is 10.0. The molecule has 0 saturated carbocycles. The largest absolute Gasteiger partial charge is 0.396 e. The molecular weight excluding hydrogens is 452 g/mol. The first-order valence-corrected chi connectivity index (χ1v) is 12.8. The van der Waals surface area contributed by atoms with Gasteiger partial charge in [-0.3, -0.25) is 19.3 Å². The van der Waals surface area contributed by atoms with Gasteiger partial charge in [-0.15, -0.1) is 0 Å². The Hall–Kier alpha value is -2.27. The Morgan fingerprint density at radius 1 is 1.00 bits per heavy atom. The van der Waals surface area contributed by atoms with Crippen LogP contribution in [0, 0.1) is 11.8 Å². The van der Waals surface area contributed by atoms with Crippen molar-refractivity contribution >= 4 is 17.7 Å². The smallest absolute Gasteiger partial charge is 0.249 e. The van der Waals surface area contributed by atoms with Crippen LogP contribution in [-0.4, -0.2) is 133 Å². The number of amides is 3. The summed E-state index contributed by atoms with van der Waals surface area (Å²) in [5.74, 6) is -1.87. The first-order valence-electron chi connectivity index (χ1n) is 12.8. The van der Waals surface area contributed by atoms with E-state index in [2.05, 4.69) is 4.90 Å². The average Bonchev–Trinajstić information content (AvgIpc) is 3.18. The van der Waals surface area contributed by atoms with Crippen molar-refractivity contribution in [3.63, 3.8) is 0 Å². The van der Waals surface area contributed by atoms with Gasteiger partial charge in [0, 0.05) is 59.5 Å². The second-order valence-electron chi connectivity index (χ2n) is 10.1. The molecule has 5 atom stereocenters. The normalized spacial score (nSPS) is 35.3. The summed E-state index contributed by atoms with van der Waals surface area (Å²) in [4.78, 5) is 48.6. The molecule has 3 fully saturated rings. The van der Waals surface area contributed by atoms with Crippen molar-refractivity contribution in [2.24, 2.45) is 11.8 Å². The highest BCUT2D eigenvalue weighted by Gasteiger charge is 2.71. The van der Waals surface area contributed by atoms with Crippen LogP contribution in [0.1, 0.15) is 12.8 Å². The number of carbonyl (C=O) groups is 3. The van der Waals surface area contributed by atoms with Crippen LogP contribution in [0.2, 0.25) is 0 Å². The number of likely N-dealkylation sites (tertiary alicyclic amines) is 1. The Morgan fingerprint density at radius 3 is 2.57 bits per heavy atom. The Morgan fingerprint density at radius 2 is 1.80 bits per heavy atom. The third-order valence-electron chi connectivity index (χ3n) is 8.04. The summed E-state index contributed by atoms with van der Waals surface area (Å²) < 4.78 is 12.0. The van der Waals surface area contributed by atoms with E-state index in [0.717, 1.165) is 19.6 Å². The number of aliphatic hydroxyl groups excluding tert-OH is 1. The van der Waals surface area contributed by atoms with Gasteiger partial charge < -0.3 is 29.3 Å². The van der Waals surface area contributed by atoms with E-state index < -0.39 is 29.6 Å². The molecule has 5 rings (SSSR count). The molecule has 5 aliphatic rings. The second-order valence-corrected chi connectivity index (χ2v) is 10.1. The quantitative estimate of drug-likeness (QED) is 0.366. The van der Waals surface area contributed by atoms with E-state index in [-0.39, 0.29) is 24.3 Å². The van der Waals surface area contributed by atoms with Gasteiger partial charge in [0.25, 0.3) is 0 Å². The number of fused-ring (bicyclic) bond motifs is 2. The van der Waals surface area contributed by atoms with Gasteiger partial charge in [-0.2, -0.15) is 0 Å². The Balaban J connectivity index is 1.45. The molecule has 10 nitrogen and oxygen atoms in total. The summed E-state index contributed by atoms with van der Waals surface area (Å²) >= 11 is 0. The van der Waals surface area contributed by atoms with E-state index in [0.29, 0.717) is 52.2 Å². The van der Waals surface area contributed by atoms with Crippen molar-refractivity contribution in [3.05, 3.63) is 24.3 Å². The summed E-state index contributed by atoms with van der Waals surface area (Å²) in [6.07, 6.45) is 8.16. The lowest BCUT2D eigenvalue weighted by atomic mass is 9.77. The van der Waals surface area contributed by atoms with Crippen LogP contribution in [0.25, 0.3) is 0 Å². The molecule has 3 amide bonds. The van der Waals surface area contributed by atoms with Crippen molar-refractivity contribution in [1.29, 1.82) is 0 Å². The van der Waals surface area contributed by atoms with Gasteiger partial charge in [-0.25, -0.2) is 0 Å². The molecule has 0 aliphatic carbocycles. The highest BCUT2D eigenvalue weighted by Crippen LogP contribution is 2.53. The molecule has 5 heterocycles. The van der Waals surface area contributed by atoms with E-state index in [1.807, 2.05) is 24.3 Å². The topological polar surface area (TPSA) is 103 Å². The predicted octanol–water partition coefficient (Wildman–Crippen LogP) is -0.901. The van der Waals surface area contributed by atoms with Crippen LogP contribution in [0.4, 0.5) is 0 Å². The number of hydrogen-bond acceptors (Lipinski definition) is 7. The van der Waals surface area contributed by atoms with Gasteiger partial charge in [-0.05, 0) is 12.8 Å². The first-order chi connectivity index (χ1) is 17.0. The van der Waals surface area contributed by atoms with Gasteiger partial charge >= 0.3 is 0 Å². The van der Waals surface area contributed by atoms with Gasteiger partial charge in [0.2, 0.25) is 17.7 Å². The van der Waals surface area contributed by atoms with Crippen molar-refractivity contribution < 1.29 is 29.0 Å². The Labute approximate surface area is 206 Å². The molecule has 3 saturated heterocycles. The summed E-state index contributed by atoms with van der Waals surface area (Å²) in [5.41, 5.74) is -1.17. The number of hydrogen-bond donors (Lipinski definition) is 1. The SMILES string of the molecule is CN1CC=C[C@H]2O[C@]34C=CCN(CCN5CCOCC5)C(=O)C3N(CCCCO)C(=O)[C@@H]4[C@H]2C1=O. The summed E-state index contributed by atoms with van der Waals surface area (Å²) in [7, 11) is 1.73. The number of carbonyl (C=O) groups excluding carboxylic acids is 3. The summed E-state index contributed by atoms with van der Waals surface area (Å²) in [6.45, 7) is 5.64. The number of unbranched alkanes of at least 4 members (excludes halogenated alkanes) is 1. The molecule has 0 aromatic carbocycles. The van der Waals surface area contributed by atoms with Crippen LogP contribution in [0.5, 0.6) is 0 Å². The van der Waals surface area contributed by atoms with Gasteiger partial charge in [0.05, 0.1) is 31.2 Å². The number of nitrogens with zero attached hydrogens (tertiary/aromatic N) is 4. The molecule has 1 unspecified atom stereocenters. The molecule has 0 bridgehead atoms. The van der Waals surface area contributed by atoms with E-state index in [9.17, 15) is 19.5 Å². The van der Waals surface area contributed by atoms with E-state index >= 15 is 0 Å². The standard InChI is InChI=1S/C25H36N4O6/c1-26-8-4-6-18-19(22(26)31)20-23(32)29(10-2-3-15-30)21-24(33)28(9-5-7-25(20,21)35-18)12-11-27-13-16-34-17-14-27/h4-7,18-21,30H,2-3,8-17H2,1H3/t18-,19+,20+,21?,25+/m1/s1. The van der Waals surface area contributed by atoms with Crippen molar-refractivity contribution in [3.8, 4) is 0 Å². The molecule has 1 spiro atoms. The minimum Gasteiger partial charge on any atom is -0.396 e. The number of likely N-dealkylation sites (N-methyl/N-ethyl adjacent to an activating group) is 1. The first kappa shape index (κ1) is 24.4. The van der Waals surface area contributed by atoms with Crippen LogP contribution in [0.3, 0.4) is 0 Å². The minimum atomic E-state index is -1.17. The lowest BCUT2D eigenvalue weighted by molar-refractivity contribution is -0.148. The van der Waals surface area contributed by atoms with E-state index in [4.69, 9.17) is 9.47 Å². The van der Waals surface area contributed by atoms with Gasteiger partial charge in [-0.1, -0.05) is 24.3 Å². The lowest BCUT2D eigenvalue weighted by Crippen LogP contribution is -2.56. The highest BCUT2D eigenvalue weighted by molar-refractivity contribution is 5.99. The number of rotatable bonds is 7.